The van der Waals surface area contributed by atoms with E-state index in [2.05, 4.69) is 13.8 Å². The molecule has 0 saturated carbocycles. The van der Waals surface area contributed by atoms with Gasteiger partial charge in [-0.05, 0) is 36.1 Å². The molecule has 0 bridgehead atoms. The van der Waals surface area contributed by atoms with E-state index in [1.54, 1.807) is 0 Å². The van der Waals surface area contributed by atoms with E-state index in [0.29, 0.717) is 5.92 Å². The minimum atomic E-state index is 0.507. The average molecular weight is 255 g/mol. The average Bonchev–Trinajstić information content (AvgIpc) is 2.35. The number of nitrogens with two attached hydrogens (primary N) is 3. The highest BCUT2D eigenvalue weighted by Crippen LogP contribution is 2.37. The Bertz CT molecular complexity index is 589. The Morgan fingerprint density at radius 1 is 0.842 bits per heavy atom. The number of nitrogen functional groups attached to an aromatic ring is 3. The topological polar surface area (TPSA) is 78.1 Å². The molecule has 0 aliphatic heterocycles. The van der Waals surface area contributed by atoms with Gasteiger partial charge in [-0.3, -0.25) is 0 Å². The van der Waals surface area contributed by atoms with Crippen LogP contribution in [-0.2, 0) is 6.42 Å². The number of rotatable bonds is 3. The van der Waals surface area contributed by atoms with Gasteiger partial charge in [0.2, 0.25) is 0 Å². The summed E-state index contributed by atoms with van der Waals surface area (Å²) < 4.78 is 0. The third-order valence-corrected chi connectivity index (χ3v) is 3.22. The van der Waals surface area contributed by atoms with Crippen molar-refractivity contribution in [1.29, 1.82) is 0 Å². The van der Waals surface area contributed by atoms with Gasteiger partial charge in [0.25, 0.3) is 0 Å². The maximum atomic E-state index is 6.16. The second kappa shape index (κ2) is 5.22. The summed E-state index contributed by atoms with van der Waals surface area (Å²) in [4.78, 5) is 0. The van der Waals surface area contributed by atoms with Gasteiger partial charge in [-0.1, -0.05) is 32.0 Å². The van der Waals surface area contributed by atoms with Crippen molar-refractivity contribution in [2.24, 2.45) is 5.92 Å². The number of benzene rings is 2. The van der Waals surface area contributed by atoms with Gasteiger partial charge in [-0.25, -0.2) is 0 Å². The summed E-state index contributed by atoms with van der Waals surface area (Å²) in [5.41, 5.74) is 23.6. The molecule has 19 heavy (non-hydrogen) atoms. The van der Waals surface area contributed by atoms with Crippen molar-refractivity contribution in [2.45, 2.75) is 20.3 Å². The molecule has 3 heteroatoms. The molecule has 0 spiro atoms. The third-order valence-electron chi connectivity index (χ3n) is 3.22. The zero-order valence-electron chi connectivity index (χ0n) is 11.5. The highest BCUT2D eigenvalue weighted by molar-refractivity contribution is 5.89. The van der Waals surface area contributed by atoms with Crippen molar-refractivity contribution in [3.63, 3.8) is 0 Å². The van der Waals surface area contributed by atoms with Gasteiger partial charge >= 0.3 is 0 Å². The predicted octanol–water partition coefficient (Wildman–Crippen LogP) is 3.30. The van der Waals surface area contributed by atoms with Gasteiger partial charge in [-0.15, -0.1) is 0 Å². The SMILES string of the molecule is CC(C)Cc1c(N)ccc(N)c1-c1ccccc1N. The second-order valence-corrected chi connectivity index (χ2v) is 5.28. The molecule has 0 fully saturated rings. The van der Waals surface area contributed by atoms with Crippen molar-refractivity contribution in [1.82, 2.24) is 0 Å². The van der Waals surface area contributed by atoms with Crippen LogP contribution in [0, 0.1) is 5.92 Å². The summed E-state index contributed by atoms with van der Waals surface area (Å²) >= 11 is 0. The van der Waals surface area contributed by atoms with E-state index in [9.17, 15) is 0 Å². The van der Waals surface area contributed by atoms with Gasteiger partial charge in [0.05, 0.1) is 0 Å². The molecule has 100 valence electrons. The molecule has 0 amide bonds. The molecule has 0 aliphatic carbocycles. The molecule has 0 aliphatic rings. The van der Waals surface area contributed by atoms with Crippen molar-refractivity contribution in [3.8, 4) is 11.1 Å². The maximum Gasteiger partial charge on any atom is 0.0398 e. The smallest absolute Gasteiger partial charge is 0.0398 e. The van der Waals surface area contributed by atoms with Gasteiger partial charge in [0.1, 0.15) is 0 Å². The van der Waals surface area contributed by atoms with Crippen LogP contribution < -0.4 is 17.2 Å². The number of hydrogen-bond acceptors (Lipinski definition) is 3. The van der Waals surface area contributed by atoms with E-state index in [-0.39, 0.29) is 0 Å². The lowest BCUT2D eigenvalue weighted by atomic mass is 9.90. The van der Waals surface area contributed by atoms with Crippen LogP contribution in [-0.4, -0.2) is 0 Å². The summed E-state index contributed by atoms with van der Waals surface area (Å²) in [7, 11) is 0. The van der Waals surface area contributed by atoms with Crippen molar-refractivity contribution >= 4 is 17.1 Å². The largest absolute Gasteiger partial charge is 0.398 e. The van der Waals surface area contributed by atoms with Crippen molar-refractivity contribution in [2.75, 3.05) is 17.2 Å². The lowest BCUT2D eigenvalue weighted by molar-refractivity contribution is 0.649. The highest BCUT2D eigenvalue weighted by Gasteiger charge is 2.15. The minimum absolute atomic E-state index is 0.507. The van der Waals surface area contributed by atoms with E-state index in [0.717, 1.165) is 40.2 Å². The molecule has 0 unspecified atom stereocenters. The van der Waals surface area contributed by atoms with Gasteiger partial charge in [-0.2, -0.15) is 0 Å². The van der Waals surface area contributed by atoms with Crippen molar-refractivity contribution in [3.05, 3.63) is 42.0 Å². The first kappa shape index (κ1) is 13.3. The normalized spacial score (nSPS) is 10.9. The predicted molar refractivity (Wildman–Crippen MR) is 83.7 cm³/mol. The first-order valence-electron chi connectivity index (χ1n) is 6.52. The third kappa shape index (κ3) is 2.65. The van der Waals surface area contributed by atoms with Crippen LogP contribution in [0.4, 0.5) is 17.1 Å². The molecule has 3 nitrogen and oxygen atoms in total. The molecule has 0 saturated heterocycles. The summed E-state index contributed by atoms with van der Waals surface area (Å²) in [5.74, 6) is 0.507. The van der Waals surface area contributed by atoms with Gasteiger partial charge in [0.15, 0.2) is 0 Å². The number of para-hydroxylation sites is 1. The molecule has 0 atom stereocenters. The standard InChI is InChI=1S/C16H21N3/c1-10(2)9-12-14(18)7-8-15(19)16(12)11-5-3-4-6-13(11)17/h3-8,10H,9,17-19H2,1-2H3. The zero-order valence-corrected chi connectivity index (χ0v) is 11.5. The molecular weight excluding hydrogens is 234 g/mol. The Morgan fingerprint density at radius 2 is 1.47 bits per heavy atom. The van der Waals surface area contributed by atoms with E-state index in [4.69, 9.17) is 17.2 Å². The Hall–Kier alpha value is -2.16. The van der Waals surface area contributed by atoms with E-state index in [1.807, 2.05) is 36.4 Å². The molecule has 0 radical (unpaired) electrons. The maximum absolute atomic E-state index is 6.16. The van der Waals surface area contributed by atoms with E-state index >= 15 is 0 Å². The van der Waals surface area contributed by atoms with E-state index < -0.39 is 0 Å². The zero-order chi connectivity index (χ0) is 14.0. The summed E-state index contributed by atoms with van der Waals surface area (Å²) in [6, 6.07) is 11.5. The Kier molecular flexibility index (Phi) is 3.65. The summed E-state index contributed by atoms with van der Waals surface area (Å²) in [5, 5.41) is 0. The van der Waals surface area contributed by atoms with Crippen LogP contribution in [0.15, 0.2) is 36.4 Å². The molecule has 2 aromatic rings. The fourth-order valence-electron chi connectivity index (χ4n) is 2.35. The van der Waals surface area contributed by atoms with Crippen LogP contribution in [0.2, 0.25) is 0 Å². The Balaban J connectivity index is 2.68. The lowest BCUT2D eigenvalue weighted by Gasteiger charge is -2.18. The molecule has 6 N–H and O–H groups in total. The summed E-state index contributed by atoms with van der Waals surface area (Å²) in [6.07, 6.45) is 0.889. The second-order valence-electron chi connectivity index (χ2n) is 5.28. The molecular formula is C16H21N3. The van der Waals surface area contributed by atoms with Gasteiger partial charge in [0, 0.05) is 28.2 Å². The molecule has 2 rings (SSSR count). The van der Waals surface area contributed by atoms with Crippen LogP contribution in [0.1, 0.15) is 19.4 Å². The number of anilines is 3. The first-order chi connectivity index (χ1) is 9.00. The lowest BCUT2D eigenvalue weighted by Crippen LogP contribution is -2.05. The molecule has 0 aromatic heterocycles. The van der Waals surface area contributed by atoms with Crippen LogP contribution in [0.3, 0.4) is 0 Å². The van der Waals surface area contributed by atoms with Gasteiger partial charge < -0.3 is 17.2 Å². The highest BCUT2D eigenvalue weighted by atomic mass is 14.6. The molecule has 2 aromatic carbocycles. The molecule has 0 heterocycles. The van der Waals surface area contributed by atoms with Crippen molar-refractivity contribution < 1.29 is 0 Å². The first-order valence-corrected chi connectivity index (χ1v) is 6.52. The Morgan fingerprint density at radius 3 is 2.11 bits per heavy atom. The van der Waals surface area contributed by atoms with Crippen LogP contribution in [0.5, 0.6) is 0 Å². The van der Waals surface area contributed by atoms with E-state index in [1.165, 1.54) is 0 Å². The minimum Gasteiger partial charge on any atom is -0.398 e. The van der Waals surface area contributed by atoms with Crippen LogP contribution >= 0.6 is 0 Å². The Labute approximate surface area is 114 Å². The fraction of sp³-hybridized carbons (Fsp3) is 0.250. The summed E-state index contributed by atoms with van der Waals surface area (Å²) in [6.45, 7) is 4.33. The number of hydrogen-bond donors (Lipinski definition) is 3. The van der Waals surface area contributed by atoms with Crippen LogP contribution in [0.25, 0.3) is 11.1 Å². The quantitative estimate of drug-likeness (QED) is 0.736. The fourth-order valence-corrected chi connectivity index (χ4v) is 2.35. The monoisotopic (exact) mass is 255 g/mol.